The third kappa shape index (κ3) is 2.75. The van der Waals surface area contributed by atoms with Gasteiger partial charge in [-0.1, -0.05) is 13.8 Å². The van der Waals surface area contributed by atoms with Crippen molar-refractivity contribution in [3.8, 4) is 0 Å². The molecule has 1 atom stereocenters. The molecule has 1 aliphatic heterocycles. The highest BCUT2D eigenvalue weighted by molar-refractivity contribution is 6.17. The molecule has 0 radical (unpaired) electrons. The molecule has 0 amide bonds. The van der Waals surface area contributed by atoms with Crippen LogP contribution >= 0.6 is 11.6 Å². The summed E-state index contributed by atoms with van der Waals surface area (Å²) in [5.74, 6) is 1.58. The van der Waals surface area contributed by atoms with Crippen molar-refractivity contribution in [2.45, 2.75) is 38.1 Å². The molecule has 1 fully saturated rings. The number of nitrogens with zero attached hydrogens (tertiary/aromatic N) is 3. The predicted octanol–water partition coefficient (Wildman–Crippen LogP) is 2.56. The first kappa shape index (κ1) is 13.6. The number of hydrogen-bond donors (Lipinski definition) is 0. The second kappa shape index (κ2) is 5.85. The summed E-state index contributed by atoms with van der Waals surface area (Å²) in [6, 6.07) is 0.403. The molecular formula is C13H20ClN3O. The summed E-state index contributed by atoms with van der Waals surface area (Å²) in [7, 11) is 2.06. The number of halogens is 1. The van der Waals surface area contributed by atoms with Gasteiger partial charge in [0.25, 0.3) is 0 Å². The van der Waals surface area contributed by atoms with Gasteiger partial charge in [-0.25, -0.2) is 9.97 Å². The van der Waals surface area contributed by atoms with E-state index in [1.807, 2.05) is 6.20 Å². The van der Waals surface area contributed by atoms with Crippen molar-refractivity contribution in [2.75, 3.05) is 25.2 Å². The molecule has 1 aliphatic rings. The smallest absolute Gasteiger partial charge is 0.131 e. The van der Waals surface area contributed by atoms with Crippen molar-refractivity contribution >= 4 is 17.3 Å². The van der Waals surface area contributed by atoms with Crippen LogP contribution < -0.4 is 4.90 Å². The minimum Gasteiger partial charge on any atom is -0.379 e. The molecule has 0 aromatic carbocycles. The summed E-state index contributed by atoms with van der Waals surface area (Å²) in [6.07, 6.45) is 2.93. The van der Waals surface area contributed by atoms with E-state index in [1.54, 1.807) is 0 Å². The SMILES string of the molecule is CC(C)c1ncc(N(C)C2CCOC2)c(CCl)n1. The van der Waals surface area contributed by atoms with E-state index in [4.69, 9.17) is 16.3 Å². The lowest BCUT2D eigenvalue weighted by Crippen LogP contribution is -2.33. The fourth-order valence-corrected chi connectivity index (χ4v) is 2.32. The maximum absolute atomic E-state index is 6.01. The number of anilines is 1. The standard InChI is InChI=1S/C13H20ClN3O/c1-9(2)13-15-7-12(11(6-14)16-13)17(3)10-4-5-18-8-10/h7,9-10H,4-6,8H2,1-3H3. The van der Waals surface area contributed by atoms with Crippen LogP contribution in [-0.2, 0) is 10.6 Å². The van der Waals surface area contributed by atoms with E-state index in [2.05, 4.69) is 35.8 Å². The second-order valence-corrected chi connectivity index (χ2v) is 5.24. The molecule has 4 nitrogen and oxygen atoms in total. The lowest BCUT2D eigenvalue weighted by molar-refractivity contribution is 0.193. The Bertz CT molecular complexity index is 405. The molecule has 0 N–H and O–H groups in total. The molecule has 5 heteroatoms. The summed E-state index contributed by atoms with van der Waals surface area (Å²) in [5.41, 5.74) is 1.93. The van der Waals surface area contributed by atoms with Crippen LogP contribution in [0.5, 0.6) is 0 Å². The van der Waals surface area contributed by atoms with Gasteiger partial charge in [-0.15, -0.1) is 11.6 Å². The number of alkyl halides is 1. The highest BCUT2D eigenvalue weighted by Gasteiger charge is 2.23. The third-order valence-electron chi connectivity index (χ3n) is 3.34. The van der Waals surface area contributed by atoms with Crippen molar-refractivity contribution < 1.29 is 4.74 Å². The quantitative estimate of drug-likeness (QED) is 0.788. The van der Waals surface area contributed by atoms with Gasteiger partial charge in [0.2, 0.25) is 0 Å². The first-order valence-electron chi connectivity index (χ1n) is 6.35. The van der Waals surface area contributed by atoms with Crippen LogP contribution in [0.2, 0.25) is 0 Å². The number of likely N-dealkylation sites (N-methyl/N-ethyl adjacent to an activating group) is 1. The molecule has 0 bridgehead atoms. The Morgan fingerprint density at radius 1 is 1.56 bits per heavy atom. The Labute approximate surface area is 113 Å². The zero-order chi connectivity index (χ0) is 13.1. The fourth-order valence-electron chi connectivity index (χ4n) is 2.12. The molecule has 1 unspecified atom stereocenters. The van der Waals surface area contributed by atoms with Crippen LogP contribution in [0.1, 0.15) is 37.7 Å². The monoisotopic (exact) mass is 269 g/mol. The van der Waals surface area contributed by atoms with Gasteiger partial charge < -0.3 is 9.64 Å². The average molecular weight is 270 g/mol. The number of hydrogen-bond acceptors (Lipinski definition) is 4. The third-order valence-corrected chi connectivity index (χ3v) is 3.59. The summed E-state index contributed by atoms with van der Waals surface area (Å²) >= 11 is 6.01. The van der Waals surface area contributed by atoms with E-state index < -0.39 is 0 Å². The van der Waals surface area contributed by atoms with Crippen molar-refractivity contribution in [1.82, 2.24) is 9.97 Å². The highest BCUT2D eigenvalue weighted by Crippen LogP contribution is 2.25. The molecule has 1 aromatic rings. The normalized spacial score (nSPS) is 19.5. The van der Waals surface area contributed by atoms with Gasteiger partial charge in [0.15, 0.2) is 0 Å². The molecular weight excluding hydrogens is 250 g/mol. The molecule has 0 aliphatic carbocycles. The van der Waals surface area contributed by atoms with Crippen molar-refractivity contribution in [3.05, 3.63) is 17.7 Å². The lowest BCUT2D eigenvalue weighted by atomic mass is 10.2. The largest absolute Gasteiger partial charge is 0.379 e. The van der Waals surface area contributed by atoms with Crippen LogP contribution in [0.3, 0.4) is 0 Å². The van der Waals surface area contributed by atoms with Crippen molar-refractivity contribution in [1.29, 1.82) is 0 Å². The van der Waals surface area contributed by atoms with Crippen LogP contribution in [0.4, 0.5) is 5.69 Å². The van der Waals surface area contributed by atoms with Gasteiger partial charge in [-0.2, -0.15) is 0 Å². The van der Waals surface area contributed by atoms with E-state index in [0.717, 1.165) is 36.8 Å². The predicted molar refractivity (Wildman–Crippen MR) is 73.3 cm³/mol. The minimum absolute atomic E-state index is 0.320. The zero-order valence-electron chi connectivity index (χ0n) is 11.2. The molecule has 1 aromatic heterocycles. The van der Waals surface area contributed by atoms with E-state index in [9.17, 15) is 0 Å². The van der Waals surface area contributed by atoms with E-state index in [0.29, 0.717) is 17.8 Å². The Balaban J connectivity index is 2.26. The maximum atomic E-state index is 6.01. The topological polar surface area (TPSA) is 38.2 Å². The van der Waals surface area contributed by atoms with Crippen molar-refractivity contribution in [2.24, 2.45) is 0 Å². The van der Waals surface area contributed by atoms with Crippen LogP contribution in [-0.4, -0.2) is 36.3 Å². The van der Waals surface area contributed by atoms with E-state index in [1.165, 1.54) is 0 Å². The second-order valence-electron chi connectivity index (χ2n) is 4.98. The summed E-state index contributed by atoms with van der Waals surface area (Å²) < 4.78 is 5.42. The van der Waals surface area contributed by atoms with Gasteiger partial charge in [0, 0.05) is 19.6 Å². The first-order valence-corrected chi connectivity index (χ1v) is 6.89. The van der Waals surface area contributed by atoms with Gasteiger partial charge >= 0.3 is 0 Å². The zero-order valence-corrected chi connectivity index (χ0v) is 11.9. The Morgan fingerprint density at radius 2 is 2.33 bits per heavy atom. The van der Waals surface area contributed by atoms with Gasteiger partial charge in [-0.3, -0.25) is 0 Å². The fraction of sp³-hybridized carbons (Fsp3) is 0.692. The van der Waals surface area contributed by atoms with E-state index >= 15 is 0 Å². The summed E-state index contributed by atoms with van der Waals surface area (Å²) in [5, 5.41) is 0. The Kier molecular flexibility index (Phi) is 4.40. The first-order chi connectivity index (χ1) is 8.63. The number of rotatable bonds is 4. The minimum atomic E-state index is 0.320. The van der Waals surface area contributed by atoms with Gasteiger partial charge in [0.1, 0.15) is 5.82 Å². The molecule has 18 heavy (non-hydrogen) atoms. The van der Waals surface area contributed by atoms with E-state index in [-0.39, 0.29) is 0 Å². The lowest BCUT2D eigenvalue weighted by Gasteiger charge is -2.26. The van der Waals surface area contributed by atoms with Crippen LogP contribution in [0, 0.1) is 0 Å². The Morgan fingerprint density at radius 3 is 2.89 bits per heavy atom. The molecule has 100 valence electrons. The molecule has 0 saturated carbocycles. The molecule has 0 spiro atoms. The molecule has 2 rings (SSSR count). The van der Waals surface area contributed by atoms with Gasteiger partial charge in [0.05, 0.1) is 36.1 Å². The maximum Gasteiger partial charge on any atom is 0.131 e. The highest BCUT2D eigenvalue weighted by atomic mass is 35.5. The van der Waals surface area contributed by atoms with Crippen LogP contribution in [0.25, 0.3) is 0 Å². The molecule has 1 saturated heterocycles. The average Bonchev–Trinajstić information content (AvgIpc) is 2.90. The van der Waals surface area contributed by atoms with Gasteiger partial charge in [-0.05, 0) is 6.42 Å². The summed E-state index contributed by atoms with van der Waals surface area (Å²) in [4.78, 5) is 11.2. The Hall–Kier alpha value is -0.870. The summed E-state index contributed by atoms with van der Waals surface area (Å²) in [6.45, 7) is 5.77. The number of ether oxygens (including phenoxy) is 1. The number of aromatic nitrogens is 2. The van der Waals surface area contributed by atoms with Crippen LogP contribution in [0.15, 0.2) is 6.20 Å². The molecule has 2 heterocycles. The van der Waals surface area contributed by atoms with Crippen molar-refractivity contribution in [3.63, 3.8) is 0 Å².